The first-order valence-electron chi connectivity index (χ1n) is 11.6. The normalized spacial score (nSPS) is 18.1. The lowest BCUT2D eigenvalue weighted by Crippen LogP contribution is -2.52. The molecular formula is C23H27F2N9O2. The smallest absolute Gasteiger partial charge is 0.292 e. The SMILES string of the molecule is Cn1cc(-c2cn3nccc3c(N3CC[C@@H](CNC(=O)c4noc(C(C)(C)C)n4)C(F)(F)C3)n2)cn1. The van der Waals surface area contributed by atoms with E-state index in [4.69, 9.17) is 4.52 Å². The first kappa shape index (κ1) is 23.8. The summed E-state index contributed by atoms with van der Waals surface area (Å²) in [7, 11) is 1.79. The number of hydrogen-bond donors (Lipinski definition) is 1. The van der Waals surface area contributed by atoms with Crippen LogP contribution in [0.2, 0.25) is 0 Å². The Labute approximate surface area is 205 Å². The molecule has 1 atom stereocenters. The molecule has 1 aliphatic rings. The molecule has 1 saturated heterocycles. The summed E-state index contributed by atoms with van der Waals surface area (Å²) in [6.07, 6.45) is 6.99. The van der Waals surface area contributed by atoms with E-state index in [2.05, 4.69) is 30.6 Å². The number of carbonyl (C=O) groups is 1. The molecule has 13 heteroatoms. The number of anilines is 1. The number of amides is 1. The van der Waals surface area contributed by atoms with Crippen molar-refractivity contribution in [3.05, 3.63) is 42.6 Å². The van der Waals surface area contributed by atoms with Crippen molar-refractivity contribution >= 4 is 17.2 Å². The van der Waals surface area contributed by atoms with E-state index in [0.29, 0.717) is 29.5 Å². The van der Waals surface area contributed by atoms with Crippen molar-refractivity contribution in [2.45, 2.75) is 38.5 Å². The van der Waals surface area contributed by atoms with Crippen LogP contribution in [0, 0.1) is 5.92 Å². The van der Waals surface area contributed by atoms with Gasteiger partial charge in [-0.25, -0.2) is 18.3 Å². The maximum Gasteiger partial charge on any atom is 0.292 e. The van der Waals surface area contributed by atoms with Crippen LogP contribution >= 0.6 is 0 Å². The van der Waals surface area contributed by atoms with Gasteiger partial charge in [0, 0.05) is 43.2 Å². The summed E-state index contributed by atoms with van der Waals surface area (Å²) in [4.78, 5) is 22.8. The summed E-state index contributed by atoms with van der Waals surface area (Å²) in [5, 5.41) is 14.7. The van der Waals surface area contributed by atoms with Gasteiger partial charge in [-0.2, -0.15) is 15.2 Å². The number of carbonyl (C=O) groups excluding carboxylic acids is 1. The highest BCUT2D eigenvalue weighted by Crippen LogP contribution is 2.36. The summed E-state index contributed by atoms with van der Waals surface area (Å²) >= 11 is 0. The Balaban J connectivity index is 1.30. The summed E-state index contributed by atoms with van der Waals surface area (Å²) in [6, 6.07) is 1.75. The fourth-order valence-corrected chi connectivity index (χ4v) is 4.17. The first-order valence-corrected chi connectivity index (χ1v) is 11.6. The van der Waals surface area contributed by atoms with Crippen LogP contribution < -0.4 is 10.2 Å². The summed E-state index contributed by atoms with van der Waals surface area (Å²) in [6.45, 7) is 5.22. The zero-order chi connectivity index (χ0) is 25.7. The van der Waals surface area contributed by atoms with E-state index in [9.17, 15) is 4.79 Å². The van der Waals surface area contributed by atoms with Crippen LogP contribution in [0.5, 0.6) is 0 Å². The molecule has 0 saturated carbocycles. The van der Waals surface area contributed by atoms with E-state index in [1.54, 1.807) is 52.0 Å². The van der Waals surface area contributed by atoms with Gasteiger partial charge in [0.2, 0.25) is 5.89 Å². The lowest BCUT2D eigenvalue weighted by molar-refractivity contribution is -0.0628. The number of hydrogen-bond acceptors (Lipinski definition) is 8. The van der Waals surface area contributed by atoms with Crippen LogP contribution in [0.15, 0.2) is 35.4 Å². The van der Waals surface area contributed by atoms with Crippen molar-refractivity contribution in [1.29, 1.82) is 0 Å². The Morgan fingerprint density at radius 3 is 2.72 bits per heavy atom. The first-order chi connectivity index (χ1) is 17.0. The van der Waals surface area contributed by atoms with E-state index in [1.165, 1.54) is 0 Å². The zero-order valence-corrected chi connectivity index (χ0v) is 20.4. The van der Waals surface area contributed by atoms with Crippen LogP contribution in [0.1, 0.15) is 43.7 Å². The molecule has 0 aromatic carbocycles. The van der Waals surface area contributed by atoms with Gasteiger partial charge in [-0.3, -0.25) is 9.48 Å². The second-order valence-corrected chi connectivity index (χ2v) is 10.1. The minimum atomic E-state index is -3.07. The topological polar surface area (TPSA) is 119 Å². The average Bonchev–Trinajstić information content (AvgIpc) is 3.56. The third kappa shape index (κ3) is 4.52. The molecule has 0 aliphatic carbocycles. The highest BCUT2D eigenvalue weighted by molar-refractivity contribution is 5.90. The number of aromatic nitrogens is 7. The molecule has 1 aliphatic heterocycles. The van der Waals surface area contributed by atoms with Crippen molar-refractivity contribution in [3.8, 4) is 11.3 Å². The van der Waals surface area contributed by atoms with Gasteiger partial charge < -0.3 is 14.7 Å². The molecule has 11 nitrogen and oxygen atoms in total. The maximum atomic E-state index is 15.3. The molecule has 1 fully saturated rings. The zero-order valence-electron chi connectivity index (χ0n) is 20.4. The molecule has 5 rings (SSSR count). The Hall–Kier alpha value is -3.90. The van der Waals surface area contributed by atoms with Crippen molar-refractivity contribution in [2.75, 3.05) is 24.5 Å². The maximum absolute atomic E-state index is 15.3. The van der Waals surface area contributed by atoms with Gasteiger partial charge >= 0.3 is 0 Å². The average molecular weight is 500 g/mol. The van der Waals surface area contributed by atoms with E-state index in [0.717, 1.165) is 5.56 Å². The fourth-order valence-electron chi connectivity index (χ4n) is 4.17. The Kier molecular flexibility index (Phi) is 5.72. The van der Waals surface area contributed by atoms with E-state index < -0.39 is 29.7 Å². The Bertz CT molecular complexity index is 1400. The molecule has 190 valence electrons. The van der Waals surface area contributed by atoms with Gasteiger partial charge in [0.1, 0.15) is 5.52 Å². The molecule has 4 aromatic heterocycles. The van der Waals surface area contributed by atoms with Gasteiger partial charge in [0.05, 0.1) is 30.8 Å². The van der Waals surface area contributed by atoms with Crippen molar-refractivity contribution in [3.63, 3.8) is 0 Å². The number of rotatable bonds is 5. The quantitative estimate of drug-likeness (QED) is 0.445. The largest absolute Gasteiger partial charge is 0.349 e. The molecule has 1 N–H and O–H groups in total. The van der Waals surface area contributed by atoms with Gasteiger partial charge in [-0.1, -0.05) is 25.9 Å². The fraction of sp³-hybridized carbons (Fsp3) is 0.478. The van der Waals surface area contributed by atoms with Crippen molar-refractivity contribution in [1.82, 2.24) is 39.8 Å². The summed E-state index contributed by atoms with van der Waals surface area (Å²) < 4.78 is 38.9. The standard InChI is InChI=1S/C23H27F2N9O2/c1-22(2,3)21-30-18(31-36-21)20(35)26-10-15-6-8-33(13-23(15,24)25)19-17-5-7-27-34(17)12-16(29-19)14-9-28-32(4)11-14/h5,7,9,11-12,15H,6,8,10,13H2,1-4H3,(H,26,35)/t15-/m0/s1. The Morgan fingerprint density at radius 1 is 1.25 bits per heavy atom. The number of fused-ring (bicyclic) bond motifs is 1. The van der Waals surface area contributed by atoms with Crippen LogP contribution in [0.4, 0.5) is 14.6 Å². The molecule has 0 radical (unpaired) electrons. The third-order valence-corrected chi connectivity index (χ3v) is 6.20. The van der Waals surface area contributed by atoms with Crippen molar-refractivity contribution in [2.24, 2.45) is 13.0 Å². The minimum absolute atomic E-state index is 0.159. The van der Waals surface area contributed by atoms with Crippen molar-refractivity contribution < 1.29 is 18.1 Å². The van der Waals surface area contributed by atoms with Crippen LogP contribution in [0.3, 0.4) is 0 Å². The molecule has 4 aromatic rings. The van der Waals surface area contributed by atoms with Gasteiger partial charge in [0.25, 0.3) is 17.7 Å². The molecule has 0 unspecified atom stereocenters. The van der Waals surface area contributed by atoms with Crippen LogP contribution in [-0.4, -0.2) is 66.0 Å². The monoisotopic (exact) mass is 499 g/mol. The Morgan fingerprint density at radius 2 is 2.06 bits per heavy atom. The summed E-state index contributed by atoms with van der Waals surface area (Å²) in [5.41, 5.74) is 1.56. The lowest BCUT2D eigenvalue weighted by atomic mass is 9.92. The number of alkyl halides is 2. The predicted octanol–water partition coefficient (Wildman–Crippen LogP) is 2.70. The molecule has 5 heterocycles. The van der Waals surface area contributed by atoms with Crippen LogP contribution in [0.25, 0.3) is 16.8 Å². The second-order valence-electron chi connectivity index (χ2n) is 10.1. The minimum Gasteiger partial charge on any atom is -0.349 e. The number of nitrogens with one attached hydrogen (secondary N) is 1. The number of nitrogens with zero attached hydrogens (tertiary/aromatic N) is 8. The van der Waals surface area contributed by atoms with Gasteiger partial charge in [0.15, 0.2) is 5.82 Å². The van der Waals surface area contributed by atoms with Gasteiger partial charge in [-0.05, 0) is 12.5 Å². The highest BCUT2D eigenvalue weighted by Gasteiger charge is 2.45. The number of piperidine rings is 1. The highest BCUT2D eigenvalue weighted by atomic mass is 19.3. The van der Waals surface area contributed by atoms with Gasteiger partial charge in [-0.15, -0.1) is 0 Å². The van der Waals surface area contributed by atoms with E-state index in [-0.39, 0.29) is 18.8 Å². The van der Waals surface area contributed by atoms with E-state index in [1.807, 2.05) is 20.8 Å². The second kappa shape index (κ2) is 8.64. The molecule has 36 heavy (non-hydrogen) atoms. The number of aryl methyl sites for hydroxylation is 1. The lowest BCUT2D eigenvalue weighted by Gasteiger charge is -2.39. The molecule has 1 amide bonds. The number of halogens is 2. The molecular weight excluding hydrogens is 472 g/mol. The predicted molar refractivity (Wildman–Crippen MR) is 126 cm³/mol. The third-order valence-electron chi connectivity index (χ3n) is 6.20. The summed E-state index contributed by atoms with van der Waals surface area (Å²) in [5.74, 6) is -4.19. The van der Waals surface area contributed by atoms with E-state index >= 15 is 8.78 Å². The molecule has 0 bridgehead atoms. The molecule has 0 spiro atoms. The van der Waals surface area contributed by atoms with Crippen LogP contribution in [-0.2, 0) is 12.5 Å².